The van der Waals surface area contributed by atoms with Gasteiger partial charge in [0.2, 0.25) is 15.9 Å². The van der Waals surface area contributed by atoms with E-state index < -0.39 is 10.0 Å². The SMILES string of the molecule is CCOc1ccc(N2C[C@H](CNS(C)(=O)=O)CC2=O)cc1. The van der Waals surface area contributed by atoms with Crippen LogP contribution in [0.15, 0.2) is 24.3 Å². The average Bonchev–Trinajstić information content (AvgIpc) is 2.78. The van der Waals surface area contributed by atoms with E-state index in [-0.39, 0.29) is 18.4 Å². The molecule has 1 aliphatic rings. The maximum atomic E-state index is 12.0. The molecule has 116 valence electrons. The number of ether oxygens (including phenoxy) is 1. The highest BCUT2D eigenvalue weighted by molar-refractivity contribution is 7.88. The molecule has 1 aliphatic heterocycles. The number of carbonyl (C=O) groups is 1. The molecule has 1 aromatic carbocycles. The van der Waals surface area contributed by atoms with Crippen molar-refractivity contribution in [2.45, 2.75) is 13.3 Å². The standard InChI is InChI=1S/C14H20N2O4S/c1-3-20-13-6-4-12(5-7-13)16-10-11(8-14(16)17)9-15-21(2,18)19/h4-7,11,15H,3,8-10H2,1-2H3/t11-/m0/s1. The molecule has 1 aromatic rings. The first-order chi connectivity index (χ1) is 9.89. The van der Waals surface area contributed by atoms with E-state index in [0.29, 0.717) is 19.6 Å². The average molecular weight is 312 g/mol. The van der Waals surface area contributed by atoms with Crippen LogP contribution in [0.25, 0.3) is 0 Å². The van der Waals surface area contributed by atoms with Gasteiger partial charge in [-0.3, -0.25) is 4.79 Å². The lowest BCUT2D eigenvalue weighted by Crippen LogP contribution is -2.30. The van der Waals surface area contributed by atoms with Crippen LogP contribution in [-0.2, 0) is 14.8 Å². The molecule has 0 saturated carbocycles. The van der Waals surface area contributed by atoms with Crippen LogP contribution in [0.3, 0.4) is 0 Å². The number of nitrogens with one attached hydrogen (secondary N) is 1. The summed E-state index contributed by atoms with van der Waals surface area (Å²) in [6.45, 7) is 3.33. The zero-order chi connectivity index (χ0) is 15.5. The smallest absolute Gasteiger partial charge is 0.227 e. The molecule has 2 rings (SSSR count). The van der Waals surface area contributed by atoms with Crippen molar-refractivity contribution in [3.63, 3.8) is 0 Å². The Morgan fingerprint density at radius 1 is 1.33 bits per heavy atom. The molecule has 1 N–H and O–H groups in total. The summed E-state index contributed by atoms with van der Waals surface area (Å²) in [6, 6.07) is 7.34. The molecule has 6 nitrogen and oxygen atoms in total. The lowest BCUT2D eigenvalue weighted by molar-refractivity contribution is -0.117. The van der Waals surface area contributed by atoms with Gasteiger partial charge in [0.05, 0.1) is 12.9 Å². The summed E-state index contributed by atoms with van der Waals surface area (Å²) < 4.78 is 30.0. The fraction of sp³-hybridized carbons (Fsp3) is 0.500. The first kappa shape index (κ1) is 15.8. The van der Waals surface area contributed by atoms with Crippen molar-refractivity contribution in [3.05, 3.63) is 24.3 Å². The summed E-state index contributed by atoms with van der Waals surface area (Å²) >= 11 is 0. The molecule has 21 heavy (non-hydrogen) atoms. The molecule has 0 aromatic heterocycles. The van der Waals surface area contributed by atoms with Crippen molar-refractivity contribution in [1.29, 1.82) is 0 Å². The highest BCUT2D eigenvalue weighted by Gasteiger charge is 2.30. The molecule has 1 fully saturated rings. The van der Waals surface area contributed by atoms with E-state index in [0.717, 1.165) is 17.7 Å². The number of hydrogen-bond donors (Lipinski definition) is 1. The van der Waals surface area contributed by atoms with E-state index in [1.165, 1.54) is 0 Å². The van der Waals surface area contributed by atoms with Crippen molar-refractivity contribution in [2.75, 3.05) is 30.9 Å². The van der Waals surface area contributed by atoms with Crippen LogP contribution in [0.2, 0.25) is 0 Å². The number of carbonyl (C=O) groups excluding carboxylic acids is 1. The van der Waals surface area contributed by atoms with Gasteiger partial charge < -0.3 is 9.64 Å². The van der Waals surface area contributed by atoms with Crippen molar-refractivity contribution >= 4 is 21.6 Å². The number of anilines is 1. The van der Waals surface area contributed by atoms with Crippen LogP contribution in [0, 0.1) is 5.92 Å². The molecule has 0 unspecified atom stereocenters. The van der Waals surface area contributed by atoms with Gasteiger partial charge in [-0.15, -0.1) is 0 Å². The molecule has 7 heteroatoms. The highest BCUT2D eigenvalue weighted by atomic mass is 32.2. The number of nitrogens with zero attached hydrogens (tertiary/aromatic N) is 1. The minimum atomic E-state index is -3.22. The maximum Gasteiger partial charge on any atom is 0.227 e. The minimum Gasteiger partial charge on any atom is -0.494 e. The van der Waals surface area contributed by atoms with Crippen molar-refractivity contribution < 1.29 is 17.9 Å². The summed E-state index contributed by atoms with van der Waals surface area (Å²) in [7, 11) is -3.22. The topological polar surface area (TPSA) is 75.7 Å². The Kier molecular flexibility index (Phi) is 4.84. The molecule has 0 radical (unpaired) electrons. The zero-order valence-corrected chi connectivity index (χ0v) is 13.0. The van der Waals surface area contributed by atoms with Gasteiger partial charge in [-0.25, -0.2) is 13.1 Å². The van der Waals surface area contributed by atoms with Crippen LogP contribution in [0.1, 0.15) is 13.3 Å². The monoisotopic (exact) mass is 312 g/mol. The third-order valence-electron chi connectivity index (χ3n) is 3.30. The first-order valence-electron chi connectivity index (χ1n) is 6.87. The molecular formula is C14H20N2O4S. The zero-order valence-electron chi connectivity index (χ0n) is 12.2. The minimum absolute atomic E-state index is 0.00112. The molecule has 1 atom stereocenters. The van der Waals surface area contributed by atoms with Gasteiger partial charge in [-0.05, 0) is 37.1 Å². The Hall–Kier alpha value is -1.60. The second-order valence-corrected chi connectivity index (χ2v) is 6.96. The van der Waals surface area contributed by atoms with Crippen LogP contribution in [0.5, 0.6) is 5.75 Å². The molecule has 1 heterocycles. The van der Waals surface area contributed by atoms with E-state index in [1.807, 2.05) is 31.2 Å². The fourth-order valence-corrected chi connectivity index (χ4v) is 2.86. The number of hydrogen-bond acceptors (Lipinski definition) is 4. The molecule has 1 saturated heterocycles. The summed E-state index contributed by atoms with van der Waals surface area (Å²) in [5, 5.41) is 0. The van der Waals surface area contributed by atoms with Gasteiger partial charge in [0, 0.05) is 25.2 Å². The van der Waals surface area contributed by atoms with Crippen LogP contribution >= 0.6 is 0 Å². The van der Waals surface area contributed by atoms with Crippen LogP contribution < -0.4 is 14.4 Å². The molecular weight excluding hydrogens is 292 g/mol. The van der Waals surface area contributed by atoms with Crippen molar-refractivity contribution in [3.8, 4) is 5.75 Å². The Morgan fingerprint density at radius 3 is 2.57 bits per heavy atom. The van der Waals surface area contributed by atoms with E-state index in [1.54, 1.807) is 4.90 Å². The van der Waals surface area contributed by atoms with Crippen LogP contribution in [0.4, 0.5) is 5.69 Å². The van der Waals surface area contributed by atoms with Gasteiger partial charge in [0.15, 0.2) is 0 Å². The van der Waals surface area contributed by atoms with Gasteiger partial charge >= 0.3 is 0 Å². The van der Waals surface area contributed by atoms with Gasteiger partial charge in [-0.2, -0.15) is 0 Å². The highest BCUT2D eigenvalue weighted by Crippen LogP contribution is 2.26. The maximum absolute atomic E-state index is 12.0. The van der Waals surface area contributed by atoms with E-state index in [9.17, 15) is 13.2 Å². The molecule has 1 amide bonds. The summed E-state index contributed by atoms with van der Waals surface area (Å²) in [5.74, 6) is 0.779. The molecule has 0 bridgehead atoms. The second kappa shape index (κ2) is 6.44. The largest absolute Gasteiger partial charge is 0.494 e. The Bertz CT molecular complexity index is 598. The Labute approximate surface area is 125 Å². The predicted molar refractivity (Wildman–Crippen MR) is 80.9 cm³/mol. The third kappa shape index (κ3) is 4.44. The van der Waals surface area contributed by atoms with Gasteiger partial charge in [-0.1, -0.05) is 0 Å². The quantitative estimate of drug-likeness (QED) is 0.850. The van der Waals surface area contributed by atoms with Gasteiger partial charge in [0.25, 0.3) is 0 Å². The number of amides is 1. The summed E-state index contributed by atoms with van der Waals surface area (Å²) in [6.07, 6.45) is 1.48. The van der Waals surface area contributed by atoms with Crippen molar-refractivity contribution in [2.24, 2.45) is 5.92 Å². The normalized spacial score (nSPS) is 19.0. The molecule has 0 aliphatic carbocycles. The lowest BCUT2D eigenvalue weighted by atomic mass is 10.1. The first-order valence-corrected chi connectivity index (χ1v) is 8.76. The third-order valence-corrected chi connectivity index (χ3v) is 3.99. The van der Waals surface area contributed by atoms with E-state index in [4.69, 9.17) is 4.74 Å². The van der Waals surface area contributed by atoms with Crippen LogP contribution in [-0.4, -0.2) is 40.3 Å². The Balaban J connectivity index is 1.99. The second-order valence-electron chi connectivity index (χ2n) is 5.12. The summed E-state index contributed by atoms with van der Waals surface area (Å²) in [5.41, 5.74) is 0.810. The number of rotatable bonds is 6. The summed E-state index contributed by atoms with van der Waals surface area (Å²) in [4.78, 5) is 13.7. The van der Waals surface area contributed by atoms with E-state index >= 15 is 0 Å². The lowest BCUT2D eigenvalue weighted by Gasteiger charge is -2.17. The number of benzene rings is 1. The fourth-order valence-electron chi connectivity index (χ4n) is 2.33. The van der Waals surface area contributed by atoms with E-state index in [2.05, 4.69) is 4.72 Å². The molecule has 0 spiro atoms. The van der Waals surface area contributed by atoms with Crippen molar-refractivity contribution in [1.82, 2.24) is 4.72 Å². The Morgan fingerprint density at radius 2 is 2.00 bits per heavy atom. The predicted octanol–water partition coefficient (Wildman–Crippen LogP) is 0.987. The number of sulfonamides is 1. The van der Waals surface area contributed by atoms with Gasteiger partial charge in [0.1, 0.15) is 5.75 Å².